The summed E-state index contributed by atoms with van der Waals surface area (Å²) in [5.74, 6) is 0.332. The minimum atomic E-state index is -0.285. The van der Waals surface area contributed by atoms with Gasteiger partial charge in [-0.05, 0) is 85.7 Å². The number of aryl methyl sites for hydroxylation is 1. The number of furan rings is 1. The van der Waals surface area contributed by atoms with E-state index in [2.05, 4.69) is 57.0 Å². The van der Waals surface area contributed by atoms with Gasteiger partial charge in [0.25, 0.3) is 5.91 Å². The molecule has 1 aromatic heterocycles. The fourth-order valence-electron chi connectivity index (χ4n) is 3.76. The molecule has 0 radical (unpaired) electrons. The fraction of sp³-hybridized carbons (Fsp3) is 0.552. The number of nitrogens with zero attached hydrogens (tertiary/aromatic N) is 3. The van der Waals surface area contributed by atoms with Crippen LogP contribution in [0.3, 0.4) is 0 Å². The van der Waals surface area contributed by atoms with Crippen molar-refractivity contribution in [1.82, 2.24) is 10.2 Å². The molecule has 36 heavy (non-hydrogen) atoms. The van der Waals surface area contributed by atoms with Crippen molar-refractivity contribution in [3.8, 4) is 0 Å². The average Bonchev–Trinajstić information content (AvgIpc) is 3.50. The van der Waals surface area contributed by atoms with Crippen LogP contribution in [-0.4, -0.2) is 47.6 Å². The molecule has 3 rings (SSSR count). The number of benzene rings is 1. The van der Waals surface area contributed by atoms with Crippen molar-refractivity contribution in [2.75, 3.05) is 18.6 Å². The predicted octanol–water partition coefficient (Wildman–Crippen LogP) is 6.02. The third kappa shape index (κ3) is 8.05. The van der Waals surface area contributed by atoms with Crippen LogP contribution in [0.1, 0.15) is 79.6 Å². The molecule has 0 bridgehead atoms. The first kappa shape index (κ1) is 31.1. The Bertz CT molecular complexity index is 963. The van der Waals surface area contributed by atoms with Gasteiger partial charge in [-0.3, -0.25) is 14.5 Å². The lowest BCUT2D eigenvalue weighted by molar-refractivity contribution is -0.119. The van der Waals surface area contributed by atoms with E-state index in [9.17, 15) is 9.59 Å². The SMILES string of the molecule is CC.CCC(C)(C)N(C)C(C)(C)CCNC=O.Cc1ccc(N2N=C(c3ccco3)C(C)C2=O)cc1. The summed E-state index contributed by atoms with van der Waals surface area (Å²) < 4.78 is 5.33. The van der Waals surface area contributed by atoms with Crippen LogP contribution in [0, 0.1) is 12.8 Å². The highest BCUT2D eigenvalue weighted by Gasteiger charge is 2.35. The van der Waals surface area contributed by atoms with Crippen molar-refractivity contribution < 1.29 is 14.0 Å². The molecular formula is C29H46N4O3. The van der Waals surface area contributed by atoms with Crippen molar-refractivity contribution in [2.45, 2.75) is 86.2 Å². The van der Waals surface area contributed by atoms with E-state index in [1.165, 1.54) is 5.01 Å². The Morgan fingerprint density at radius 3 is 2.22 bits per heavy atom. The van der Waals surface area contributed by atoms with Crippen molar-refractivity contribution in [3.63, 3.8) is 0 Å². The predicted molar refractivity (Wildman–Crippen MR) is 149 cm³/mol. The van der Waals surface area contributed by atoms with Gasteiger partial charge in [-0.25, -0.2) is 0 Å². The van der Waals surface area contributed by atoms with Crippen molar-refractivity contribution in [1.29, 1.82) is 0 Å². The van der Waals surface area contributed by atoms with E-state index in [0.717, 1.165) is 37.0 Å². The molecule has 0 fully saturated rings. The zero-order valence-electron chi connectivity index (χ0n) is 23.9. The lowest BCUT2D eigenvalue weighted by atomic mass is 9.90. The number of carbonyl (C=O) groups is 2. The van der Waals surface area contributed by atoms with Crippen LogP contribution in [0.15, 0.2) is 52.2 Å². The molecule has 0 saturated carbocycles. The molecule has 1 aromatic carbocycles. The van der Waals surface area contributed by atoms with Gasteiger partial charge in [-0.2, -0.15) is 10.1 Å². The van der Waals surface area contributed by atoms with Gasteiger partial charge in [-0.1, -0.05) is 38.5 Å². The van der Waals surface area contributed by atoms with E-state index < -0.39 is 0 Å². The van der Waals surface area contributed by atoms with E-state index in [4.69, 9.17) is 4.42 Å². The smallest absolute Gasteiger partial charge is 0.256 e. The van der Waals surface area contributed by atoms with E-state index in [0.29, 0.717) is 11.5 Å². The first-order valence-corrected chi connectivity index (χ1v) is 12.9. The molecule has 2 heterocycles. The van der Waals surface area contributed by atoms with Crippen LogP contribution in [-0.2, 0) is 9.59 Å². The Morgan fingerprint density at radius 2 is 1.72 bits per heavy atom. The summed E-state index contributed by atoms with van der Waals surface area (Å²) in [5.41, 5.74) is 2.92. The van der Waals surface area contributed by atoms with Gasteiger partial charge in [0.2, 0.25) is 6.41 Å². The number of hydrogen-bond acceptors (Lipinski definition) is 5. The second-order valence-electron chi connectivity index (χ2n) is 10.0. The van der Waals surface area contributed by atoms with E-state index in [1.807, 2.05) is 58.0 Å². The number of carbonyl (C=O) groups excluding carboxylic acids is 2. The van der Waals surface area contributed by atoms with Gasteiger partial charge in [0.15, 0.2) is 5.76 Å². The van der Waals surface area contributed by atoms with Gasteiger partial charge in [0.05, 0.1) is 17.9 Å². The molecule has 1 aliphatic rings. The number of rotatable bonds is 9. The minimum Gasteiger partial charge on any atom is -0.463 e. The summed E-state index contributed by atoms with van der Waals surface area (Å²) in [6.45, 7) is 19.7. The van der Waals surface area contributed by atoms with Crippen molar-refractivity contribution >= 4 is 23.7 Å². The molecule has 1 N–H and O–H groups in total. The van der Waals surface area contributed by atoms with E-state index in [-0.39, 0.29) is 22.9 Å². The highest BCUT2D eigenvalue weighted by molar-refractivity contribution is 6.20. The first-order chi connectivity index (χ1) is 16.9. The fourth-order valence-corrected chi connectivity index (χ4v) is 3.76. The van der Waals surface area contributed by atoms with Crippen LogP contribution in [0.25, 0.3) is 0 Å². The molecule has 0 spiro atoms. The molecule has 2 amide bonds. The lowest BCUT2D eigenvalue weighted by Crippen LogP contribution is -2.53. The van der Waals surface area contributed by atoms with Crippen LogP contribution in [0.5, 0.6) is 0 Å². The molecule has 0 saturated heterocycles. The Morgan fingerprint density at radius 1 is 1.11 bits per heavy atom. The first-order valence-electron chi connectivity index (χ1n) is 12.9. The molecule has 2 aromatic rings. The van der Waals surface area contributed by atoms with Crippen molar-refractivity contribution in [3.05, 3.63) is 54.0 Å². The quantitative estimate of drug-likeness (QED) is 0.339. The number of hydrogen-bond donors (Lipinski definition) is 1. The highest BCUT2D eigenvalue weighted by atomic mass is 16.3. The summed E-state index contributed by atoms with van der Waals surface area (Å²) >= 11 is 0. The Balaban J connectivity index is 0.000000348. The number of anilines is 1. The largest absolute Gasteiger partial charge is 0.463 e. The molecule has 7 heteroatoms. The summed E-state index contributed by atoms with van der Waals surface area (Å²) in [4.78, 5) is 24.9. The maximum atomic E-state index is 12.3. The Labute approximate surface area is 217 Å². The molecular weight excluding hydrogens is 452 g/mol. The number of nitrogens with one attached hydrogen (secondary N) is 1. The van der Waals surface area contributed by atoms with Gasteiger partial charge in [0, 0.05) is 17.6 Å². The summed E-state index contributed by atoms with van der Waals surface area (Å²) in [7, 11) is 2.16. The summed E-state index contributed by atoms with van der Waals surface area (Å²) in [6, 6.07) is 11.3. The maximum absolute atomic E-state index is 12.3. The number of hydrazone groups is 1. The van der Waals surface area contributed by atoms with Crippen molar-refractivity contribution in [2.24, 2.45) is 11.0 Å². The summed E-state index contributed by atoms with van der Waals surface area (Å²) in [5, 5.41) is 8.57. The maximum Gasteiger partial charge on any atom is 0.256 e. The van der Waals surface area contributed by atoms with Crippen LogP contribution in [0.2, 0.25) is 0 Å². The third-order valence-corrected chi connectivity index (χ3v) is 6.89. The van der Waals surface area contributed by atoms with Gasteiger partial charge in [-0.15, -0.1) is 0 Å². The molecule has 1 unspecified atom stereocenters. The van der Waals surface area contributed by atoms with Crippen LogP contribution >= 0.6 is 0 Å². The highest BCUT2D eigenvalue weighted by Crippen LogP contribution is 2.28. The monoisotopic (exact) mass is 498 g/mol. The second kappa shape index (κ2) is 14.0. The van der Waals surface area contributed by atoms with Gasteiger partial charge in [0.1, 0.15) is 5.71 Å². The normalized spacial score (nSPS) is 15.5. The van der Waals surface area contributed by atoms with E-state index in [1.54, 1.807) is 12.3 Å². The molecule has 200 valence electrons. The molecule has 0 aliphatic carbocycles. The van der Waals surface area contributed by atoms with Gasteiger partial charge >= 0.3 is 0 Å². The third-order valence-electron chi connectivity index (χ3n) is 6.89. The summed E-state index contributed by atoms with van der Waals surface area (Å²) in [6.07, 6.45) is 4.43. The zero-order valence-corrected chi connectivity index (χ0v) is 23.9. The topological polar surface area (TPSA) is 78.2 Å². The van der Waals surface area contributed by atoms with E-state index >= 15 is 0 Å². The lowest BCUT2D eigenvalue weighted by Gasteiger charge is -2.46. The average molecular weight is 499 g/mol. The van der Waals surface area contributed by atoms with Gasteiger partial charge < -0.3 is 9.73 Å². The van der Waals surface area contributed by atoms with Crippen LogP contribution in [0.4, 0.5) is 5.69 Å². The molecule has 1 atom stereocenters. The number of amides is 2. The second-order valence-corrected chi connectivity index (χ2v) is 10.0. The molecule has 1 aliphatic heterocycles. The molecule has 7 nitrogen and oxygen atoms in total. The zero-order chi connectivity index (χ0) is 27.5. The standard InChI is InChI=1S/C15H14N2O2.C12H26N2O.C2H6/c1-10-5-7-12(8-6-10)17-15(18)11(2)14(16-17)13-4-3-9-19-13;1-7-11(2,3)14(6)12(4,5)8-9-13-10-15;1-2/h3-9,11H,1-2H3;10H,7-9H2,1-6H3,(H,13,15);1-2H3. The van der Waals surface area contributed by atoms with Crippen LogP contribution < -0.4 is 10.3 Å². The Hall–Kier alpha value is -2.93. The Kier molecular flexibility index (Phi) is 12.1. The minimum absolute atomic E-state index is 0.0322.